The number of phenolic OH excluding ortho intramolecular Hbond substituents is 1. The van der Waals surface area contributed by atoms with Gasteiger partial charge < -0.3 is 9.84 Å². The Morgan fingerprint density at radius 3 is 2.37 bits per heavy atom. The van der Waals surface area contributed by atoms with Gasteiger partial charge in [-0.15, -0.1) is 0 Å². The van der Waals surface area contributed by atoms with Crippen molar-refractivity contribution >= 4 is 56.6 Å². The third kappa shape index (κ3) is 3.83. The number of hydrogen-bond donors (Lipinski definition) is 1. The van der Waals surface area contributed by atoms with Crippen LogP contribution in [0.2, 0.25) is 5.02 Å². The van der Waals surface area contributed by atoms with Crippen molar-refractivity contribution < 1.29 is 29.0 Å². The summed E-state index contributed by atoms with van der Waals surface area (Å²) in [6.07, 6.45) is 2.63. The summed E-state index contributed by atoms with van der Waals surface area (Å²) in [6.45, 7) is 5.23. The Labute approximate surface area is 251 Å². The van der Waals surface area contributed by atoms with Gasteiger partial charge in [0.25, 0.3) is 0 Å². The normalized spacial score (nSPS) is 31.1. The van der Waals surface area contributed by atoms with Crippen LogP contribution in [0, 0.1) is 29.1 Å². The second-order valence-corrected chi connectivity index (χ2v) is 13.0. The van der Waals surface area contributed by atoms with Crippen LogP contribution in [0.5, 0.6) is 11.5 Å². The van der Waals surface area contributed by atoms with Crippen LogP contribution in [-0.2, 0) is 19.2 Å². The number of ether oxygens (including phenoxy) is 1. The van der Waals surface area contributed by atoms with Crippen molar-refractivity contribution in [1.82, 2.24) is 0 Å². The molecule has 41 heavy (non-hydrogen) atoms. The Morgan fingerprint density at radius 1 is 1.02 bits per heavy atom. The number of amides is 2. The second-order valence-electron chi connectivity index (χ2n) is 11.7. The van der Waals surface area contributed by atoms with E-state index >= 15 is 0 Å². The zero-order valence-electron chi connectivity index (χ0n) is 23.0. The summed E-state index contributed by atoms with van der Waals surface area (Å²) < 4.78 is 5.84. The average molecular weight is 639 g/mol. The van der Waals surface area contributed by atoms with E-state index < -0.39 is 35.0 Å². The number of Topliss-reactive ketones (excluding diaryl/α,β-unsaturated/α-hetero) is 2. The number of carbonyl (C=O) groups is 4. The molecular weight excluding hydrogens is 610 g/mol. The van der Waals surface area contributed by atoms with E-state index in [9.17, 15) is 24.3 Å². The Balaban J connectivity index is 1.53. The smallest absolute Gasteiger partial charge is 0.238 e. The first kappa shape index (κ1) is 27.9. The first-order valence-electron chi connectivity index (χ1n) is 13.6. The van der Waals surface area contributed by atoms with E-state index in [4.69, 9.17) is 16.3 Å². The Hall–Kier alpha value is -3.23. The number of benzene rings is 2. The van der Waals surface area contributed by atoms with Crippen LogP contribution >= 0.6 is 27.5 Å². The summed E-state index contributed by atoms with van der Waals surface area (Å²) in [4.78, 5) is 57.0. The van der Waals surface area contributed by atoms with Gasteiger partial charge in [-0.3, -0.25) is 24.1 Å². The largest absolute Gasteiger partial charge is 0.503 e. The quantitative estimate of drug-likeness (QED) is 0.319. The van der Waals surface area contributed by atoms with Gasteiger partial charge in [-0.2, -0.15) is 0 Å². The van der Waals surface area contributed by atoms with Gasteiger partial charge >= 0.3 is 0 Å². The Bertz CT molecular complexity index is 1610. The third-order valence-corrected chi connectivity index (χ3v) is 10.7. The summed E-state index contributed by atoms with van der Waals surface area (Å²) in [6, 6.07) is 10.1. The van der Waals surface area contributed by atoms with Crippen molar-refractivity contribution in [3.63, 3.8) is 0 Å². The fourth-order valence-corrected chi connectivity index (χ4v) is 8.31. The first-order chi connectivity index (χ1) is 19.4. The number of rotatable bonds is 3. The number of fused-ring (bicyclic) bond motifs is 4. The molecule has 2 aromatic rings. The number of nitrogens with zero attached hydrogens (tertiary/aromatic N) is 1. The van der Waals surface area contributed by atoms with Crippen molar-refractivity contribution in [3.8, 4) is 11.5 Å². The van der Waals surface area contributed by atoms with Gasteiger partial charge in [-0.1, -0.05) is 30.2 Å². The van der Waals surface area contributed by atoms with Gasteiger partial charge in [0.05, 0.1) is 34.5 Å². The van der Waals surface area contributed by atoms with Gasteiger partial charge in [0.2, 0.25) is 11.8 Å². The molecule has 7 nitrogen and oxygen atoms in total. The molecule has 1 saturated heterocycles. The lowest BCUT2D eigenvalue weighted by Crippen LogP contribution is -2.55. The fourth-order valence-electron chi connectivity index (χ4n) is 7.72. The van der Waals surface area contributed by atoms with Crippen molar-refractivity contribution in [2.45, 2.75) is 39.5 Å². The number of hydrogen-bond acceptors (Lipinski definition) is 6. The predicted octanol–water partition coefficient (Wildman–Crippen LogP) is 6.17. The summed E-state index contributed by atoms with van der Waals surface area (Å²) in [7, 11) is 1.45. The maximum absolute atomic E-state index is 14.1. The highest BCUT2D eigenvalue weighted by Crippen LogP contribution is 2.63. The van der Waals surface area contributed by atoms with Crippen LogP contribution in [-0.4, -0.2) is 35.6 Å². The Morgan fingerprint density at radius 2 is 1.71 bits per heavy atom. The van der Waals surface area contributed by atoms with E-state index in [1.165, 1.54) is 12.0 Å². The van der Waals surface area contributed by atoms with E-state index in [1.807, 2.05) is 13.0 Å². The van der Waals surface area contributed by atoms with Crippen LogP contribution in [0.3, 0.4) is 0 Å². The van der Waals surface area contributed by atoms with Crippen LogP contribution in [0.4, 0.5) is 5.69 Å². The maximum atomic E-state index is 14.1. The molecule has 212 valence electrons. The van der Waals surface area contributed by atoms with Crippen molar-refractivity contribution in [2.24, 2.45) is 29.1 Å². The molecule has 6 rings (SSSR count). The number of allylic oxidation sites excluding steroid dienone is 4. The number of anilines is 1. The van der Waals surface area contributed by atoms with E-state index in [0.717, 1.165) is 5.57 Å². The van der Waals surface area contributed by atoms with Gasteiger partial charge in [-0.05, 0) is 102 Å². The highest BCUT2D eigenvalue weighted by Gasteiger charge is 2.64. The number of carbonyl (C=O) groups excluding carboxylic acids is 4. The average Bonchev–Trinajstić information content (AvgIpc) is 3.21. The highest BCUT2D eigenvalue weighted by atomic mass is 79.9. The SMILES string of the molecule is COc1cc([C@H]2C3=CC[C@@H]4C(=O)N(c5ccc(Cl)cc5)C(=O)[C@@H]4[C@@H]3C[C@H]3C(=O)C(C)=C(C)C(=O)[C@@]23C)cc(Br)c1O. The summed E-state index contributed by atoms with van der Waals surface area (Å²) >= 11 is 9.48. The molecule has 6 atom stereocenters. The second kappa shape index (κ2) is 9.66. The zero-order valence-corrected chi connectivity index (χ0v) is 25.4. The first-order valence-corrected chi connectivity index (χ1v) is 14.7. The lowest BCUT2D eigenvalue weighted by atomic mass is 9.46. The van der Waals surface area contributed by atoms with Crippen LogP contribution in [0.1, 0.15) is 45.1 Å². The van der Waals surface area contributed by atoms with Crippen LogP contribution in [0.15, 0.2) is 63.7 Å². The molecule has 4 aliphatic rings. The molecule has 2 amide bonds. The molecule has 0 aromatic heterocycles. The molecule has 0 unspecified atom stereocenters. The highest BCUT2D eigenvalue weighted by molar-refractivity contribution is 9.10. The monoisotopic (exact) mass is 637 g/mol. The molecule has 1 heterocycles. The van der Waals surface area contributed by atoms with Crippen molar-refractivity contribution in [1.29, 1.82) is 0 Å². The molecule has 1 saturated carbocycles. The molecule has 9 heteroatoms. The van der Waals surface area contributed by atoms with Crippen molar-refractivity contribution in [2.75, 3.05) is 12.0 Å². The molecule has 2 fully saturated rings. The summed E-state index contributed by atoms with van der Waals surface area (Å²) in [5, 5.41) is 11.0. The predicted molar refractivity (Wildman–Crippen MR) is 157 cm³/mol. The van der Waals surface area contributed by atoms with E-state index in [2.05, 4.69) is 15.9 Å². The number of phenols is 1. The molecule has 0 radical (unpaired) electrons. The van der Waals surface area contributed by atoms with E-state index in [-0.39, 0.29) is 34.9 Å². The van der Waals surface area contributed by atoms with Gasteiger partial charge in [-0.25, -0.2) is 0 Å². The molecule has 0 spiro atoms. The lowest BCUT2D eigenvalue weighted by molar-refractivity contribution is -0.142. The number of halogens is 2. The molecule has 2 aromatic carbocycles. The molecule has 1 N–H and O–H groups in total. The lowest BCUT2D eigenvalue weighted by Gasteiger charge is -2.54. The minimum Gasteiger partial charge on any atom is -0.503 e. The van der Waals surface area contributed by atoms with Gasteiger partial charge in [0.1, 0.15) is 0 Å². The summed E-state index contributed by atoms with van der Waals surface area (Å²) in [5.41, 5.74) is 1.78. The number of ketones is 2. The molecular formula is C32H29BrClNO6. The summed E-state index contributed by atoms with van der Waals surface area (Å²) in [5.74, 6) is -3.54. The molecule has 0 bridgehead atoms. The van der Waals surface area contributed by atoms with Gasteiger partial charge in [0.15, 0.2) is 23.1 Å². The molecule has 3 aliphatic carbocycles. The number of imide groups is 1. The standard InChI is InChI=1S/C32H29BrClNO6/c1-14-15(2)29(38)32(3)22(27(14)36)13-21-19(26(32)16-11-23(33)28(37)24(12-16)41-4)9-10-20-25(21)31(40)35(30(20)39)18-7-5-17(34)6-8-18/h5-9,11-12,20-22,25-26,37H,10,13H2,1-4H3/t20-,21+,22-,25-,26-,32+/m0/s1. The third-order valence-electron chi connectivity index (χ3n) is 9.86. The molecule has 1 aliphatic heterocycles. The Kier molecular flexibility index (Phi) is 6.58. The minimum absolute atomic E-state index is 0.0730. The van der Waals surface area contributed by atoms with Crippen LogP contribution in [0.25, 0.3) is 0 Å². The maximum Gasteiger partial charge on any atom is 0.238 e. The van der Waals surface area contributed by atoms with E-state index in [1.54, 1.807) is 50.2 Å². The number of methoxy groups -OCH3 is 1. The van der Waals surface area contributed by atoms with Crippen LogP contribution < -0.4 is 9.64 Å². The topological polar surface area (TPSA) is 101 Å². The number of aromatic hydroxyl groups is 1. The van der Waals surface area contributed by atoms with E-state index in [0.29, 0.717) is 44.7 Å². The minimum atomic E-state index is -1.13. The van der Waals surface area contributed by atoms with Crippen molar-refractivity contribution in [3.05, 3.63) is 74.3 Å². The zero-order chi connectivity index (χ0) is 29.5. The van der Waals surface area contributed by atoms with Gasteiger partial charge in [0, 0.05) is 16.9 Å². The fraction of sp³-hybridized carbons (Fsp3) is 0.375.